The van der Waals surface area contributed by atoms with Gasteiger partial charge in [-0.15, -0.1) is 11.8 Å². The average Bonchev–Trinajstić information content (AvgIpc) is 2.91. The van der Waals surface area contributed by atoms with Gasteiger partial charge in [0, 0.05) is 19.1 Å². The lowest BCUT2D eigenvalue weighted by Crippen LogP contribution is -2.36. The van der Waals surface area contributed by atoms with E-state index in [1.165, 1.54) is 16.4 Å². The standard InChI is InChI=1S/C12H14N4O3S/c1-18-7-6-16-8-11(19-15-16)14-10(17)9-20-12-4-2-3-5-13-12/h2-5,8H,6-7,9H2,1H3. The number of hydrogen-bond acceptors (Lipinski definition) is 7. The van der Waals surface area contributed by atoms with E-state index in [1.807, 2.05) is 18.2 Å². The molecular formula is C12H14N4O3S. The second-order valence-corrected chi connectivity index (χ2v) is 4.75. The molecule has 7 nitrogen and oxygen atoms in total. The van der Waals surface area contributed by atoms with Crippen LogP contribution in [-0.2, 0) is 11.3 Å². The molecule has 2 aromatic heterocycles. The van der Waals surface area contributed by atoms with Crippen LogP contribution in [0.25, 0.3) is 0 Å². The predicted molar refractivity (Wildman–Crippen MR) is 70.6 cm³/mol. The van der Waals surface area contributed by atoms with Crippen LogP contribution in [0.2, 0.25) is 0 Å². The van der Waals surface area contributed by atoms with Crippen molar-refractivity contribution in [1.82, 2.24) is 10.3 Å². The molecule has 0 amide bonds. The summed E-state index contributed by atoms with van der Waals surface area (Å²) in [6, 6.07) is 5.53. The quantitative estimate of drug-likeness (QED) is 0.313. The van der Waals surface area contributed by atoms with E-state index in [-0.39, 0.29) is 17.5 Å². The molecule has 8 heteroatoms. The first-order valence-corrected chi connectivity index (χ1v) is 6.90. The van der Waals surface area contributed by atoms with Gasteiger partial charge in [-0.25, -0.2) is 9.98 Å². The second kappa shape index (κ2) is 7.61. The fourth-order valence-electron chi connectivity index (χ4n) is 1.33. The van der Waals surface area contributed by atoms with Crippen molar-refractivity contribution in [3.05, 3.63) is 30.6 Å². The number of aliphatic imine (C=N–C) groups is 1. The van der Waals surface area contributed by atoms with Gasteiger partial charge < -0.3 is 9.84 Å². The molecule has 0 atom stereocenters. The van der Waals surface area contributed by atoms with Gasteiger partial charge >= 0.3 is 5.88 Å². The van der Waals surface area contributed by atoms with Crippen molar-refractivity contribution >= 4 is 23.5 Å². The zero-order valence-electron chi connectivity index (χ0n) is 10.9. The first kappa shape index (κ1) is 14.5. The van der Waals surface area contributed by atoms with Gasteiger partial charge in [0.25, 0.3) is 6.20 Å². The predicted octanol–water partition coefficient (Wildman–Crippen LogP) is 0.186. The summed E-state index contributed by atoms with van der Waals surface area (Å²) >= 11 is 1.33. The van der Waals surface area contributed by atoms with Crippen molar-refractivity contribution in [2.75, 3.05) is 19.5 Å². The third kappa shape index (κ3) is 4.63. The van der Waals surface area contributed by atoms with Crippen LogP contribution in [0.5, 0.6) is 0 Å². The van der Waals surface area contributed by atoms with Crippen LogP contribution in [0.3, 0.4) is 0 Å². The van der Waals surface area contributed by atoms with Gasteiger partial charge in [0.2, 0.25) is 11.8 Å². The maximum Gasteiger partial charge on any atom is 0.320 e. The topological polar surface area (TPSA) is 87.5 Å². The van der Waals surface area contributed by atoms with Gasteiger partial charge in [0.05, 0.1) is 5.03 Å². The van der Waals surface area contributed by atoms with E-state index in [0.717, 1.165) is 5.03 Å². The molecule has 0 unspecified atom stereocenters. The van der Waals surface area contributed by atoms with E-state index in [4.69, 9.17) is 9.26 Å². The molecule has 0 spiro atoms. The minimum absolute atomic E-state index is 0.188. The summed E-state index contributed by atoms with van der Waals surface area (Å²) in [4.78, 5) is 7.94. The second-order valence-electron chi connectivity index (χ2n) is 3.76. The summed E-state index contributed by atoms with van der Waals surface area (Å²) < 4.78 is 11.4. The summed E-state index contributed by atoms with van der Waals surface area (Å²) in [5.41, 5.74) is 0. The molecule has 20 heavy (non-hydrogen) atoms. The molecule has 0 fully saturated rings. The van der Waals surface area contributed by atoms with Crippen molar-refractivity contribution in [3.8, 4) is 0 Å². The SMILES string of the molecule is COCC[n+]1cc(/N=C(\[O-])CSc2ccccn2)on1. The normalized spacial score (nSPS) is 11.8. The Morgan fingerprint density at radius 2 is 2.45 bits per heavy atom. The van der Waals surface area contributed by atoms with E-state index < -0.39 is 0 Å². The van der Waals surface area contributed by atoms with Crippen LogP contribution in [0, 0.1) is 0 Å². The molecule has 0 saturated heterocycles. The number of pyridine rings is 1. The van der Waals surface area contributed by atoms with E-state index in [0.29, 0.717) is 13.2 Å². The Morgan fingerprint density at radius 1 is 1.55 bits per heavy atom. The highest BCUT2D eigenvalue weighted by Gasteiger charge is 2.09. The molecule has 0 aromatic carbocycles. The highest BCUT2D eigenvalue weighted by Crippen LogP contribution is 2.14. The van der Waals surface area contributed by atoms with Gasteiger partial charge in [-0.05, 0) is 22.7 Å². The van der Waals surface area contributed by atoms with Crippen LogP contribution in [0.15, 0.2) is 45.1 Å². The third-order valence-corrected chi connectivity index (χ3v) is 3.17. The fourth-order valence-corrected chi connectivity index (χ4v) is 1.98. The zero-order valence-corrected chi connectivity index (χ0v) is 11.7. The number of thioether (sulfide) groups is 1. The van der Waals surface area contributed by atoms with Gasteiger partial charge in [-0.3, -0.25) is 4.52 Å². The van der Waals surface area contributed by atoms with Crippen LogP contribution in [0.1, 0.15) is 0 Å². The van der Waals surface area contributed by atoms with Crippen molar-refractivity contribution < 1.29 is 19.0 Å². The molecule has 0 N–H and O–H groups in total. The molecule has 2 rings (SSSR count). The third-order valence-electron chi connectivity index (χ3n) is 2.24. The van der Waals surface area contributed by atoms with Crippen molar-refractivity contribution in [2.45, 2.75) is 11.6 Å². The Labute approximate surface area is 120 Å². The summed E-state index contributed by atoms with van der Waals surface area (Å²) in [5, 5.41) is 16.2. The van der Waals surface area contributed by atoms with E-state index >= 15 is 0 Å². The number of aromatic nitrogens is 3. The average molecular weight is 294 g/mol. The minimum Gasteiger partial charge on any atom is -0.861 e. The van der Waals surface area contributed by atoms with Crippen LogP contribution in [0.4, 0.5) is 5.88 Å². The first-order chi connectivity index (χ1) is 9.78. The van der Waals surface area contributed by atoms with Gasteiger partial charge in [-0.2, -0.15) is 0 Å². The maximum absolute atomic E-state index is 11.7. The number of methoxy groups -OCH3 is 1. The van der Waals surface area contributed by atoms with Crippen LogP contribution < -0.4 is 9.79 Å². The highest BCUT2D eigenvalue weighted by molar-refractivity contribution is 7.99. The summed E-state index contributed by atoms with van der Waals surface area (Å²) in [6.45, 7) is 1.06. The van der Waals surface area contributed by atoms with Crippen molar-refractivity contribution in [2.24, 2.45) is 4.99 Å². The van der Waals surface area contributed by atoms with Gasteiger partial charge in [0.1, 0.15) is 6.61 Å². The van der Waals surface area contributed by atoms with Crippen LogP contribution >= 0.6 is 11.8 Å². The Morgan fingerprint density at radius 3 is 3.20 bits per heavy atom. The lowest BCUT2D eigenvalue weighted by atomic mass is 10.5. The van der Waals surface area contributed by atoms with Crippen molar-refractivity contribution in [3.63, 3.8) is 0 Å². The Balaban J connectivity index is 1.88. The molecule has 2 heterocycles. The number of ether oxygens (including phenoxy) is 1. The number of rotatable bonds is 7. The van der Waals surface area contributed by atoms with Gasteiger partial charge in [-0.1, -0.05) is 6.07 Å². The summed E-state index contributed by atoms with van der Waals surface area (Å²) in [6.07, 6.45) is 3.24. The molecule has 0 bridgehead atoms. The molecule has 0 saturated carbocycles. The summed E-state index contributed by atoms with van der Waals surface area (Å²) in [7, 11) is 1.60. The van der Waals surface area contributed by atoms with Crippen LogP contribution in [-0.4, -0.2) is 35.6 Å². The fraction of sp³-hybridized carbons (Fsp3) is 0.333. The molecule has 0 aliphatic heterocycles. The number of hydrogen-bond donors (Lipinski definition) is 0. The molecule has 0 aliphatic rings. The largest absolute Gasteiger partial charge is 0.861 e. The zero-order chi connectivity index (χ0) is 14.2. The van der Waals surface area contributed by atoms with E-state index in [9.17, 15) is 5.11 Å². The molecular weight excluding hydrogens is 280 g/mol. The highest BCUT2D eigenvalue weighted by atomic mass is 32.2. The molecule has 0 radical (unpaired) electrons. The Hall–Kier alpha value is -1.93. The Bertz CT molecular complexity index is 559. The Kier molecular flexibility index (Phi) is 5.51. The van der Waals surface area contributed by atoms with Gasteiger partial charge in [0.15, 0.2) is 0 Å². The minimum atomic E-state index is -0.296. The molecule has 2 aromatic rings. The first-order valence-electron chi connectivity index (χ1n) is 5.91. The maximum atomic E-state index is 11.7. The molecule has 106 valence electrons. The van der Waals surface area contributed by atoms with E-state index in [1.54, 1.807) is 19.5 Å². The lowest BCUT2D eigenvalue weighted by molar-refractivity contribution is -0.763. The number of nitrogens with zero attached hydrogens (tertiary/aromatic N) is 4. The van der Waals surface area contributed by atoms with E-state index in [2.05, 4.69) is 15.2 Å². The van der Waals surface area contributed by atoms with Crippen molar-refractivity contribution in [1.29, 1.82) is 0 Å². The monoisotopic (exact) mass is 294 g/mol. The smallest absolute Gasteiger partial charge is 0.320 e. The lowest BCUT2D eigenvalue weighted by Gasteiger charge is -2.07. The molecule has 0 aliphatic carbocycles. The summed E-state index contributed by atoms with van der Waals surface area (Å²) in [5.74, 6) is 0.0962.